The fourth-order valence-corrected chi connectivity index (χ4v) is 7.12. The first-order chi connectivity index (χ1) is 9.95. The van der Waals surface area contributed by atoms with Gasteiger partial charge in [-0.25, -0.2) is 0 Å². The monoisotopic (exact) mass is 284 g/mol. The van der Waals surface area contributed by atoms with E-state index in [4.69, 9.17) is 0 Å². The topological polar surface area (TPSA) is 0 Å². The zero-order valence-electron chi connectivity index (χ0n) is 10.9. The van der Waals surface area contributed by atoms with Gasteiger partial charge in [0.2, 0.25) is 0 Å². The molecule has 0 atom stereocenters. The maximum Gasteiger partial charge on any atom is 0.0356 e. The molecule has 0 nitrogen and oxygen atoms in total. The van der Waals surface area contributed by atoms with Crippen molar-refractivity contribution in [2.45, 2.75) is 11.8 Å². The summed E-state index contributed by atoms with van der Waals surface area (Å²) in [6, 6.07) is 18.1. The van der Waals surface area contributed by atoms with E-state index in [1.165, 1.54) is 11.1 Å². The number of allylic oxidation sites excluding steroid dienone is 3. The van der Waals surface area contributed by atoms with Crippen LogP contribution in [0.1, 0.15) is 34.1 Å². The van der Waals surface area contributed by atoms with Gasteiger partial charge >= 0.3 is 0 Å². The van der Waals surface area contributed by atoms with Gasteiger partial charge in [0.15, 0.2) is 0 Å². The Morgan fingerprint density at radius 2 is 1.25 bits per heavy atom. The molecule has 0 aromatic heterocycles. The van der Waals surface area contributed by atoms with Crippen LogP contribution in [0, 0.1) is 0 Å². The Balaban J connectivity index is 1.91. The highest BCUT2D eigenvalue weighted by molar-refractivity contribution is 6.81. The molecule has 0 N–H and O–H groups in total. The van der Waals surface area contributed by atoms with Crippen molar-refractivity contribution in [1.82, 2.24) is 0 Å². The summed E-state index contributed by atoms with van der Waals surface area (Å²) >= 11 is 0. The molecule has 0 amide bonds. The Morgan fingerprint density at radius 3 is 1.85 bits per heavy atom. The molecule has 6 rings (SSSR count). The molecule has 1 heterocycles. The molecule has 3 aliphatic carbocycles. The molecule has 0 fully saturated rings. The third kappa shape index (κ3) is 1.26. The van der Waals surface area contributed by atoms with E-state index in [9.17, 15) is 0 Å². The molecule has 2 heteroatoms. The maximum atomic E-state index is 2.41. The maximum absolute atomic E-state index is 2.41. The molecule has 1 aliphatic heterocycles. The Labute approximate surface area is 122 Å². The summed E-state index contributed by atoms with van der Waals surface area (Å²) in [5, 5.41) is 1.72. The Kier molecular flexibility index (Phi) is 2.18. The van der Waals surface area contributed by atoms with Crippen LogP contribution < -0.4 is 0 Å². The molecule has 2 radical (unpaired) electrons. The lowest BCUT2D eigenvalue weighted by atomic mass is 9.64. The van der Waals surface area contributed by atoms with Crippen molar-refractivity contribution in [3.63, 3.8) is 0 Å². The summed E-state index contributed by atoms with van der Waals surface area (Å²) in [6.45, 7) is 0. The number of rotatable bonds is 0. The quantitative estimate of drug-likeness (QED) is 0.651. The van der Waals surface area contributed by atoms with Crippen molar-refractivity contribution in [2.75, 3.05) is 0 Å². The standard InChI is InChI=1S/C18H12Si2/c1-3-7-13-11(5-1)16-12-6-2-4-8-14(12)17(13)18-15(16)9-10-19-20-18/h1-10,16-17H. The number of benzene rings is 2. The summed E-state index contributed by atoms with van der Waals surface area (Å²) in [5.74, 6) is 1.01. The lowest BCUT2D eigenvalue weighted by Gasteiger charge is -2.43. The van der Waals surface area contributed by atoms with E-state index in [2.05, 4.69) is 60.3 Å². The molecule has 2 aromatic carbocycles. The van der Waals surface area contributed by atoms with E-state index in [1.807, 2.05) is 0 Å². The van der Waals surface area contributed by atoms with E-state index in [0.29, 0.717) is 11.8 Å². The molecular weight excluding hydrogens is 272 g/mol. The van der Waals surface area contributed by atoms with Crippen LogP contribution in [0.25, 0.3) is 0 Å². The van der Waals surface area contributed by atoms with Crippen LogP contribution in [-0.4, -0.2) is 17.2 Å². The van der Waals surface area contributed by atoms with Crippen molar-refractivity contribution < 1.29 is 0 Å². The average molecular weight is 284 g/mol. The smallest absolute Gasteiger partial charge is 0.0356 e. The largest absolute Gasteiger partial charge is 0.0806 e. The van der Waals surface area contributed by atoms with E-state index in [1.54, 1.807) is 21.9 Å². The minimum atomic E-state index is 0.483. The van der Waals surface area contributed by atoms with Gasteiger partial charge in [-0.3, -0.25) is 0 Å². The van der Waals surface area contributed by atoms with Crippen LogP contribution in [0.15, 0.2) is 71.1 Å². The first-order valence-corrected chi connectivity index (χ1v) is 10.1. The second kappa shape index (κ2) is 3.93. The average Bonchev–Trinajstić information content (AvgIpc) is 2.54. The van der Waals surface area contributed by atoms with E-state index in [0.717, 1.165) is 17.2 Å². The molecule has 2 aromatic rings. The lowest BCUT2D eigenvalue weighted by Crippen LogP contribution is -2.29. The lowest BCUT2D eigenvalue weighted by molar-refractivity contribution is 0.771. The molecule has 0 spiro atoms. The highest BCUT2D eigenvalue weighted by Gasteiger charge is 2.40. The molecule has 0 saturated heterocycles. The summed E-state index contributed by atoms with van der Waals surface area (Å²) in [6.07, 6.45) is 2.41. The molecule has 0 unspecified atom stereocenters. The summed E-state index contributed by atoms with van der Waals surface area (Å²) in [5.41, 5.74) is 10.2. The summed E-state index contributed by atoms with van der Waals surface area (Å²) < 4.78 is 0. The van der Waals surface area contributed by atoms with E-state index < -0.39 is 0 Å². The van der Waals surface area contributed by atoms with Crippen LogP contribution in [0.4, 0.5) is 0 Å². The zero-order valence-corrected chi connectivity index (χ0v) is 12.9. The van der Waals surface area contributed by atoms with Gasteiger partial charge in [-0.2, -0.15) is 0 Å². The van der Waals surface area contributed by atoms with Gasteiger partial charge in [0.05, 0.1) is 0 Å². The minimum Gasteiger partial charge on any atom is -0.0806 e. The Hall–Kier alpha value is -1.65. The highest BCUT2D eigenvalue weighted by Crippen LogP contribution is 2.55. The fourth-order valence-electron chi connectivity index (χ4n) is 3.96. The predicted molar refractivity (Wildman–Crippen MR) is 84.2 cm³/mol. The van der Waals surface area contributed by atoms with Crippen LogP contribution in [0.3, 0.4) is 0 Å². The van der Waals surface area contributed by atoms with Gasteiger partial charge in [0.25, 0.3) is 0 Å². The summed E-state index contributed by atoms with van der Waals surface area (Å²) in [7, 11) is 1.98. The van der Waals surface area contributed by atoms with Crippen LogP contribution in [0.5, 0.6) is 0 Å². The van der Waals surface area contributed by atoms with Gasteiger partial charge in [-0.05, 0) is 27.8 Å². The van der Waals surface area contributed by atoms with Gasteiger partial charge in [-0.1, -0.05) is 65.5 Å². The molecule has 92 valence electrons. The van der Waals surface area contributed by atoms with Gasteiger partial charge in [0, 0.05) is 29.1 Å². The molecule has 0 saturated carbocycles. The Bertz CT molecular complexity index is 711. The zero-order chi connectivity index (χ0) is 13.1. The van der Waals surface area contributed by atoms with Gasteiger partial charge < -0.3 is 0 Å². The van der Waals surface area contributed by atoms with Gasteiger partial charge in [0.1, 0.15) is 0 Å². The van der Waals surface area contributed by atoms with E-state index >= 15 is 0 Å². The van der Waals surface area contributed by atoms with E-state index in [-0.39, 0.29) is 0 Å². The normalized spacial score (nSPS) is 24.4. The number of hydrogen-bond acceptors (Lipinski definition) is 0. The van der Waals surface area contributed by atoms with Crippen molar-refractivity contribution >= 4 is 17.2 Å². The molecule has 20 heavy (non-hydrogen) atoms. The minimum absolute atomic E-state index is 0.483. The van der Waals surface area contributed by atoms with Crippen molar-refractivity contribution in [3.8, 4) is 0 Å². The van der Waals surface area contributed by atoms with Crippen molar-refractivity contribution in [3.05, 3.63) is 93.3 Å². The van der Waals surface area contributed by atoms with Crippen LogP contribution >= 0.6 is 0 Å². The second-order valence-electron chi connectivity index (χ2n) is 5.60. The molecule has 2 bridgehead atoms. The van der Waals surface area contributed by atoms with Crippen molar-refractivity contribution in [2.24, 2.45) is 0 Å². The first kappa shape index (κ1) is 11.1. The predicted octanol–water partition coefficient (Wildman–Crippen LogP) is 3.38. The Morgan fingerprint density at radius 1 is 0.700 bits per heavy atom. The highest BCUT2D eigenvalue weighted by atomic mass is 28.9. The summed E-state index contributed by atoms with van der Waals surface area (Å²) in [4.78, 5) is 0. The van der Waals surface area contributed by atoms with Gasteiger partial charge in [-0.15, -0.1) is 0 Å². The van der Waals surface area contributed by atoms with Crippen LogP contribution in [-0.2, 0) is 0 Å². The van der Waals surface area contributed by atoms with Crippen molar-refractivity contribution in [1.29, 1.82) is 0 Å². The molecule has 4 aliphatic rings. The third-order valence-electron chi connectivity index (χ3n) is 4.70. The van der Waals surface area contributed by atoms with Crippen LogP contribution in [0.2, 0.25) is 0 Å². The fraction of sp³-hybridized carbons (Fsp3) is 0.111. The SMILES string of the molecule is C1=CC2=C([Si]=[Si]1)C1c3ccccc3C2c2ccccc21. The third-order valence-corrected chi connectivity index (χ3v) is 7.77. The first-order valence-electron chi connectivity index (χ1n) is 7.05. The second-order valence-corrected chi connectivity index (χ2v) is 8.62. The number of hydrogen-bond donors (Lipinski definition) is 0. The molecular formula is C18H12Si2.